The van der Waals surface area contributed by atoms with Crippen molar-refractivity contribution in [3.05, 3.63) is 48.6 Å². The predicted octanol–water partition coefficient (Wildman–Crippen LogP) is 1.51. The van der Waals surface area contributed by atoms with Gasteiger partial charge in [-0.1, -0.05) is 36.4 Å². The van der Waals surface area contributed by atoms with Crippen LogP contribution in [0.5, 0.6) is 0 Å². The predicted molar refractivity (Wildman–Crippen MR) is 52.2 cm³/mol. The van der Waals surface area contributed by atoms with Crippen molar-refractivity contribution in [2.45, 2.75) is 6.10 Å². The molecule has 0 aromatic heterocycles. The van der Waals surface area contributed by atoms with Crippen LogP contribution < -0.4 is 0 Å². The van der Waals surface area contributed by atoms with Gasteiger partial charge in [0.1, 0.15) is 0 Å². The summed E-state index contributed by atoms with van der Waals surface area (Å²) >= 11 is 0. The average Bonchev–Trinajstić information content (AvgIpc) is 2.21. The summed E-state index contributed by atoms with van der Waals surface area (Å²) < 4.78 is 0. The van der Waals surface area contributed by atoms with Crippen LogP contribution in [0.25, 0.3) is 0 Å². The summed E-state index contributed by atoms with van der Waals surface area (Å²) in [5.74, 6) is -0.289. The second-order valence-electron chi connectivity index (χ2n) is 2.94. The first-order valence-electron chi connectivity index (χ1n) is 4.26. The molecular weight excluding hydrogens is 164 g/mol. The highest BCUT2D eigenvalue weighted by atomic mass is 16.3. The molecule has 0 aliphatic carbocycles. The van der Waals surface area contributed by atoms with Crippen molar-refractivity contribution in [3.63, 3.8) is 0 Å². The van der Waals surface area contributed by atoms with E-state index in [2.05, 4.69) is 6.58 Å². The molecule has 0 heterocycles. The maximum Gasteiger partial charge on any atom is 0.0874 e. The largest absolute Gasteiger partial charge is 0.396 e. The molecule has 2 N–H and O–H groups in total. The van der Waals surface area contributed by atoms with Crippen LogP contribution in [0.15, 0.2) is 43.0 Å². The molecule has 2 atom stereocenters. The molecule has 0 radical (unpaired) electrons. The Hall–Kier alpha value is -1.12. The quantitative estimate of drug-likeness (QED) is 0.686. The van der Waals surface area contributed by atoms with Crippen LogP contribution in [0.4, 0.5) is 0 Å². The van der Waals surface area contributed by atoms with Crippen molar-refractivity contribution in [1.29, 1.82) is 0 Å². The number of hydrogen-bond acceptors (Lipinski definition) is 2. The second-order valence-corrected chi connectivity index (χ2v) is 2.94. The van der Waals surface area contributed by atoms with Gasteiger partial charge >= 0.3 is 0 Å². The lowest BCUT2D eigenvalue weighted by atomic mass is 9.97. The van der Waals surface area contributed by atoms with Crippen LogP contribution in [-0.2, 0) is 0 Å². The Labute approximate surface area is 78.2 Å². The van der Waals surface area contributed by atoms with Crippen LogP contribution in [0.2, 0.25) is 0 Å². The summed E-state index contributed by atoms with van der Waals surface area (Å²) in [5, 5.41) is 18.7. The summed E-state index contributed by atoms with van der Waals surface area (Å²) in [6.45, 7) is 3.47. The first kappa shape index (κ1) is 9.96. The highest BCUT2D eigenvalue weighted by Crippen LogP contribution is 2.21. The van der Waals surface area contributed by atoms with Gasteiger partial charge in [-0.25, -0.2) is 0 Å². The first-order chi connectivity index (χ1) is 6.29. The Balaban J connectivity index is 2.77. The van der Waals surface area contributed by atoms with Crippen molar-refractivity contribution < 1.29 is 10.2 Å². The van der Waals surface area contributed by atoms with Gasteiger partial charge in [0.2, 0.25) is 0 Å². The van der Waals surface area contributed by atoms with Crippen molar-refractivity contribution >= 4 is 0 Å². The lowest BCUT2D eigenvalue weighted by molar-refractivity contribution is 0.0921. The molecule has 1 rings (SSSR count). The van der Waals surface area contributed by atoms with Gasteiger partial charge in [0.15, 0.2) is 0 Å². The van der Waals surface area contributed by atoms with Crippen molar-refractivity contribution in [1.82, 2.24) is 0 Å². The third-order valence-corrected chi connectivity index (χ3v) is 2.06. The molecule has 13 heavy (non-hydrogen) atoms. The van der Waals surface area contributed by atoms with Crippen molar-refractivity contribution in [3.8, 4) is 0 Å². The van der Waals surface area contributed by atoms with E-state index in [0.717, 1.165) is 5.56 Å². The van der Waals surface area contributed by atoms with Gasteiger partial charge in [-0.05, 0) is 5.56 Å². The number of rotatable bonds is 4. The Morgan fingerprint density at radius 2 is 1.92 bits per heavy atom. The normalized spacial score (nSPS) is 14.9. The van der Waals surface area contributed by atoms with Gasteiger partial charge in [0, 0.05) is 5.92 Å². The average molecular weight is 178 g/mol. The van der Waals surface area contributed by atoms with Gasteiger partial charge in [-0.2, -0.15) is 0 Å². The molecule has 70 valence electrons. The third kappa shape index (κ3) is 2.41. The monoisotopic (exact) mass is 178 g/mol. The van der Waals surface area contributed by atoms with E-state index in [1.165, 1.54) is 0 Å². The summed E-state index contributed by atoms with van der Waals surface area (Å²) in [6, 6.07) is 9.26. The molecule has 0 spiro atoms. The zero-order valence-electron chi connectivity index (χ0n) is 7.43. The Bertz CT molecular complexity index is 256. The summed E-state index contributed by atoms with van der Waals surface area (Å²) in [4.78, 5) is 0. The topological polar surface area (TPSA) is 40.5 Å². The Morgan fingerprint density at radius 3 is 2.38 bits per heavy atom. The fourth-order valence-electron chi connectivity index (χ4n) is 1.20. The zero-order chi connectivity index (χ0) is 9.68. The fourth-order valence-corrected chi connectivity index (χ4v) is 1.20. The van der Waals surface area contributed by atoms with Gasteiger partial charge in [-0.15, -0.1) is 6.58 Å². The zero-order valence-corrected chi connectivity index (χ0v) is 7.43. The molecule has 1 unspecified atom stereocenters. The van der Waals surface area contributed by atoms with Gasteiger partial charge in [-0.3, -0.25) is 0 Å². The molecule has 0 aliphatic heterocycles. The van der Waals surface area contributed by atoms with Crippen LogP contribution in [-0.4, -0.2) is 16.8 Å². The van der Waals surface area contributed by atoms with Crippen LogP contribution in [0, 0.1) is 5.92 Å². The molecule has 1 aromatic carbocycles. The molecule has 0 aliphatic rings. The Kier molecular flexibility index (Phi) is 3.68. The van der Waals surface area contributed by atoms with E-state index in [9.17, 15) is 5.11 Å². The number of aliphatic hydroxyl groups is 2. The van der Waals surface area contributed by atoms with Crippen LogP contribution in [0.1, 0.15) is 11.7 Å². The smallest absolute Gasteiger partial charge is 0.0874 e. The van der Waals surface area contributed by atoms with E-state index in [-0.39, 0.29) is 12.5 Å². The van der Waals surface area contributed by atoms with E-state index in [4.69, 9.17) is 5.11 Å². The minimum atomic E-state index is -0.663. The number of hydrogen-bond donors (Lipinski definition) is 2. The van der Waals surface area contributed by atoms with E-state index in [1.807, 2.05) is 30.3 Å². The van der Waals surface area contributed by atoms with Crippen LogP contribution in [0.3, 0.4) is 0 Å². The number of benzene rings is 1. The summed E-state index contributed by atoms with van der Waals surface area (Å²) in [7, 11) is 0. The molecule has 0 saturated carbocycles. The highest BCUT2D eigenvalue weighted by molar-refractivity contribution is 5.19. The fraction of sp³-hybridized carbons (Fsp3) is 0.273. The minimum absolute atomic E-state index is 0.0838. The van der Waals surface area contributed by atoms with Gasteiger partial charge in [0.25, 0.3) is 0 Å². The first-order valence-corrected chi connectivity index (χ1v) is 4.26. The minimum Gasteiger partial charge on any atom is -0.396 e. The van der Waals surface area contributed by atoms with E-state index in [0.29, 0.717) is 0 Å². The molecule has 0 fully saturated rings. The summed E-state index contributed by atoms with van der Waals surface area (Å²) in [5.41, 5.74) is 0.807. The molecule has 0 amide bonds. The standard InChI is InChI=1S/C11H14O2/c1-2-9(8-12)11(13)10-6-4-3-5-7-10/h2-7,9,11-13H,1,8H2/t9-,11?/m0/s1. The van der Waals surface area contributed by atoms with E-state index < -0.39 is 6.10 Å². The molecule has 2 heteroatoms. The molecule has 1 aromatic rings. The van der Waals surface area contributed by atoms with Crippen molar-refractivity contribution in [2.24, 2.45) is 5.92 Å². The maximum absolute atomic E-state index is 9.75. The SMILES string of the molecule is C=C[C@@H](CO)C(O)c1ccccc1. The van der Waals surface area contributed by atoms with Crippen molar-refractivity contribution in [2.75, 3.05) is 6.61 Å². The Morgan fingerprint density at radius 1 is 1.31 bits per heavy atom. The van der Waals surface area contributed by atoms with Gasteiger partial charge in [0.05, 0.1) is 12.7 Å². The molecule has 2 nitrogen and oxygen atoms in total. The second kappa shape index (κ2) is 4.80. The van der Waals surface area contributed by atoms with E-state index in [1.54, 1.807) is 6.08 Å². The maximum atomic E-state index is 9.75. The molecular formula is C11H14O2. The lowest BCUT2D eigenvalue weighted by Gasteiger charge is -2.17. The number of aliphatic hydroxyl groups excluding tert-OH is 2. The third-order valence-electron chi connectivity index (χ3n) is 2.06. The molecule has 0 bridgehead atoms. The highest BCUT2D eigenvalue weighted by Gasteiger charge is 2.16. The molecule has 0 saturated heterocycles. The lowest BCUT2D eigenvalue weighted by Crippen LogP contribution is -2.13. The van der Waals surface area contributed by atoms with E-state index >= 15 is 0 Å². The van der Waals surface area contributed by atoms with Crippen LogP contribution >= 0.6 is 0 Å². The van der Waals surface area contributed by atoms with Gasteiger partial charge < -0.3 is 10.2 Å². The summed E-state index contributed by atoms with van der Waals surface area (Å²) in [6.07, 6.45) is 0.904.